The van der Waals surface area contributed by atoms with Crippen molar-refractivity contribution in [1.29, 1.82) is 0 Å². The van der Waals surface area contributed by atoms with Gasteiger partial charge < -0.3 is 47.8 Å². The first kappa shape index (κ1) is 29.7. The minimum absolute atomic E-state index is 0.0519. The molecule has 4 atom stereocenters. The van der Waals surface area contributed by atoms with Gasteiger partial charge >= 0.3 is 17.9 Å². The van der Waals surface area contributed by atoms with Crippen LogP contribution in [0.3, 0.4) is 0 Å². The molecule has 0 rings (SSSR count). The van der Waals surface area contributed by atoms with Gasteiger partial charge in [0.1, 0.15) is 18.1 Å². The van der Waals surface area contributed by atoms with E-state index in [0.717, 1.165) is 0 Å². The number of rotatable bonds is 17. The monoisotopic (exact) mass is 477 g/mol. The van der Waals surface area contributed by atoms with Gasteiger partial charge in [0.25, 0.3) is 0 Å². The molecular formula is C18H31N5O10. The van der Waals surface area contributed by atoms with E-state index < -0.39 is 79.2 Å². The van der Waals surface area contributed by atoms with E-state index >= 15 is 0 Å². The normalized spacial score (nSPS) is 14.3. The highest BCUT2D eigenvalue weighted by atomic mass is 16.4. The summed E-state index contributed by atoms with van der Waals surface area (Å²) in [4.78, 5) is 69.8. The number of carboxylic acid groups (broad SMARTS) is 3. The number of carbonyl (C=O) groups is 6. The fraction of sp³-hybridized carbons (Fsp3) is 0.667. The van der Waals surface area contributed by atoms with Crippen LogP contribution in [0.15, 0.2) is 0 Å². The molecule has 33 heavy (non-hydrogen) atoms. The molecule has 0 fully saturated rings. The molecule has 11 N–H and O–H groups in total. The van der Waals surface area contributed by atoms with E-state index in [2.05, 4.69) is 16.0 Å². The third-order valence-electron chi connectivity index (χ3n) is 4.39. The van der Waals surface area contributed by atoms with Crippen LogP contribution in [-0.2, 0) is 28.8 Å². The number of carboxylic acids is 3. The van der Waals surface area contributed by atoms with Crippen LogP contribution >= 0.6 is 0 Å². The van der Waals surface area contributed by atoms with Crippen LogP contribution in [0.5, 0.6) is 0 Å². The molecule has 15 heteroatoms. The second-order valence-corrected chi connectivity index (χ2v) is 7.13. The smallest absolute Gasteiger partial charge is 0.326 e. The molecule has 0 aliphatic heterocycles. The van der Waals surface area contributed by atoms with E-state index in [4.69, 9.17) is 21.7 Å². The molecule has 0 spiro atoms. The summed E-state index contributed by atoms with van der Waals surface area (Å²) in [5.41, 5.74) is 10.9. The Morgan fingerprint density at radius 1 is 0.727 bits per heavy atom. The average Bonchev–Trinajstić information content (AvgIpc) is 2.73. The Bertz CT molecular complexity index is 717. The number of aliphatic hydroxyl groups excluding tert-OH is 1. The summed E-state index contributed by atoms with van der Waals surface area (Å²) >= 11 is 0. The summed E-state index contributed by atoms with van der Waals surface area (Å²) in [5.74, 6) is -7.21. The Balaban J connectivity index is 5.19. The van der Waals surface area contributed by atoms with Gasteiger partial charge in [-0.2, -0.15) is 0 Å². The van der Waals surface area contributed by atoms with Crippen molar-refractivity contribution in [3.63, 3.8) is 0 Å². The van der Waals surface area contributed by atoms with Crippen LogP contribution in [0.2, 0.25) is 0 Å². The maximum atomic E-state index is 12.5. The van der Waals surface area contributed by atoms with Crippen LogP contribution in [-0.4, -0.2) is 93.4 Å². The highest BCUT2D eigenvalue weighted by Crippen LogP contribution is 2.03. The Kier molecular flexibility index (Phi) is 13.9. The van der Waals surface area contributed by atoms with Gasteiger partial charge in [-0.15, -0.1) is 0 Å². The van der Waals surface area contributed by atoms with Gasteiger partial charge in [-0.3, -0.25) is 24.0 Å². The summed E-state index contributed by atoms with van der Waals surface area (Å²) in [6.07, 6.45) is -0.641. The number of unbranched alkanes of at least 4 members (excludes halogenated alkanes) is 1. The lowest BCUT2D eigenvalue weighted by atomic mass is 10.1. The summed E-state index contributed by atoms with van der Waals surface area (Å²) in [6, 6.07) is -5.99. The zero-order valence-corrected chi connectivity index (χ0v) is 17.9. The molecule has 188 valence electrons. The summed E-state index contributed by atoms with van der Waals surface area (Å²) < 4.78 is 0. The molecule has 0 aromatic heterocycles. The van der Waals surface area contributed by atoms with E-state index in [9.17, 15) is 39.0 Å². The number of nitrogens with two attached hydrogens (primary N) is 2. The molecule has 0 bridgehead atoms. The van der Waals surface area contributed by atoms with Gasteiger partial charge in [-0.25, -0.2) is 4.79 Å². The van der Waals surface area contributed by atoms with Crippen molar-refractivity contribution in [2.45, 2.75) is 62.7 Å². The van der Waals surface area contributed by atoms with Crippen molar-refractivity contribution < 1.29 is 49.2 Å². The van der Waals surface area contributed by atoms with Crippen LogP contribution in [0, 0.1) is 0 Å². The van der Waals surface area contributed by atoms with Crippen LogP contribution in [0.4, 0.5) is 0 Å². The molecule has 0 aromatic rings. The molecule has 3 amide bonds. The summed E-state index contributed by atoms with van der Waals surface area (Å²) in [7, 11) is 0. The molecule has 0 heterocycles. The van der Waals surface area contributed by atoms with Crippen molar-refractivity contribution in [1.82, 2.24) is 16.0 Å². The predicted octanol–water partition coefficient (Wildman–Crippen LogP) is -3.69. The topological polar surface area (TPSA) is 271 Å². The predicted molar refractivity (Wildman–Crippen MR) is 111 cm³/mol. The van der Waals surface area contributed by atoms with Gasteiger partial charge in [-0.05, 0) is 32.2 Å². The number of hydrogen-bond acceptors (Lipinski definition) is 9. The number of aliphatic hydroxyl groups is 1. The van der Waals surface area contributed by atoms with Crippen LogP contribution in [0.1, 0.15) is 38.5 Å². The molecule has 4 unspecified atom stereocenters. The number of hydrogen-bond donors (Lipinski definition) is 9. The third kappa shape index (κ3) is 12.4. The number of nitrogens with one attached hydrogen (secondary N) is 3. The number of carbonyl (C=O) groups excluding carboxylic acids is 3. The minimum atomic E-state index is -1.70. The first-order valence-electron chi connectivity index (χ1n) is 10.1. The zero-order chi connectivity index (χ0) is 25.6. The van der Waals surface area contributed by atoms with Crippen LogP contribution in [0.25, 0.3) is 0 Å². The van der Waals surface area contributed by atoms with Crippen molar-refractivity contribution in [3.05, 3.63) is 0 Å². The maximum absolute atomic E-state index is 12.5. The van der Waals surface area contributed by atoms with Gasteiger partial charge in [-0.1, -0.05) is 0 Å². The van der Waals surface area contributed by atoms with Crippen molar-refractivity contribution in [2.75, 3.05) is 13.2 Å². The largest absolute Gasteiger partial charge is 0.481 e. The highest BCUT2D eigenvalue weighted by Gasteiger charge is 2.31. The molecule has 0 radical (unpaired) electrons. The zero-order valence-electron chi connectivity index (χ0n) is 17.9. The lowest BCUT2D eigenvalue weighted by molar-refractivity contribution is -0.143. The molecule has 0 aliphatic rings. The molecular weight excluding hydrogens is 446 g/mol. The quantitative estimate of drug-likeness (QED) is 0.0916. The van der Waals surface area contributed by atoms with E-state index in [0.29, 0.717) is 19.4 Å². The molecule has 0 aromatic carbocycles. The van der Waals surface area contributed by atoms with Crippen LogP contribution < -0.4 is 27.4 Å². The minimum Gasteiger partial charge on any atom is -0.481 e. The lowest BCUT2D eigenvalue weighted by Crippen LogP contribution is -2.58. The van der Waals surface area contributed by atoms with E-state index in [-0.39, 0.29) is 12.8 Å². The molecule has 0 aliphatic carbocycles. The fourth-order valence-electron chi connectivity index (χ4n) is 2.56. The Hall–Kier alpha value is -3.30. The first-order chi connectivity index (χ1) is 15.4. The van der Waals surface area contributed by atoms with Gasteiger partial charge in [0.15, 0.2) is 0 Å². The van der Waals surface area contributed by atoms with E-state index in [1.54, 1.807) is 0 Å². The average molecular weight is 477 g/mol. The fourth-order valence-corrected chi connectivity index (χ4v) is 2.56. The van der Waals surface area contributed by atoms with Gasteiger partial charge in [0, 0.05) is 6.42 Å². The van der Waals surface area contributed by atoms with Gasteiger partial charge in [0.2, 0.25) is 17.7 Å². The van der Waals surface area contributed by atoms with Gasteiger partial charge in [0.05, 0.1) is 19.1 Å². The molecule has 15 nitrogen and oxygen atoms in total. The van der Waals surface area contributed by atoms with Crippen molar-refractivity contribution in [3.8, 4) is 0 Å². The Labute approximate surface area is 188 Å². The standard InChI is InChI=1S/C18H31N5O10/c19-6-2-1-3-10(18(32)33)21-17(31)12(8-24)23-16(30)11(7-14(27)28)22-15(29)9(20)4-5-13(25)26/h9-12,24H,1-8,19-20H2,(H,21,31)(H,22,29)(H,23,30)(H,25,26)(H,27,28)(H,32,33). The Morgan fingerprint density at radius 2 is 1.27 bits per heavy atom. The summed E-state index contributed by atoms with van der Waals surface area (Å²) in [6.45, 7) is -0.620. The summed E-state index contributed by atoms with van der Waals surface area (Å²) in [5, 5.41) is 42.6. The van der Waals surface area contributed by atoms with Crippen molar-refractivity contribution >= 4 is 35.6 Å². The van der Waals surface area contributed by atoms with E-state index in [1.165, 1.54) is 0 Å². The lowest BCUT2D eigenvalue weighted by Gasteiger charge is -2.23. The second-order valence-electron chi connectivity index (χ2n) is 7.13. The molecule has 0 saturated heterocycles. The first-order valence-corrected chi connectivity index (χ1v) is 10.1. The number of amides is 3. The van der Waals surface area contributed by atoms with E-state index in [1.807, 2.05) is 0 Å². The SMILES string of the molecule is NCCCCC(NC(=O)C(CO)NC(=O)C(CC(=O)O)NC(=O)C(N)CCC(=O)O)C(=O)O. The molecule has 0 saturated carbocycles. The van der Waals surface area contributed by atoms with Crippen molar-refractivity contribution in [2.24, 2.45) is 11.5 Å². The number of aliphatic carboxylic acids is 3. The Morgan fingerprint density at radius 3 is 1.76 bits per heavy atom. The third-order valence-corrected chi connectivity index (χ3v) is 4.39. The second kappa shape index (κ2) is 15.5. The maximum Gasteiger partial charge on any atom is 0.326 e. The highest BCUT2D eigenvalue weighted by molar-refractivity contribution is 5.95.